The Hall–Kier alpha value is -1.42. The second kappa shape index (κ2) is 14.9. The maximum Gasteiger partial charge on any atom is 0.356 e. The summed E-state index contributed by atoms with van der Waals surface area (Å²) in [6.07, 6.45) is 1.47. The van der Waals surface area contributed by atoms with Crippen LogP contribution in [0.25, 0.3) is 0 Å². The molecular weight excluding hydrogens is 482 g/mol. The molecule has 12 heteroatoms. The van der Waals surface area contributed by atoms with Crippen LogP contribution in [0.1, 0.15) is 25.0 Å². The lowest BCUT2D eigenvalue weighted by atomic mass is 10.2. The lowest BCUT2D eigenvalue weighted by molar-refractivity contribution is 0.332. The minimum absolute atomic E-state index is 0.254. The van der Waals surface area contributed by atoms with Crippen LogP contribution in [0.2, 0.25) is 0 Å². The summed E-state index contributed by atoms with van der Waals surface area (Å²) in [6, 6.07) is 20.5. The summed E-state index contributed by atoms with van der Waals surface area (Å²) in [5.74, 6) is -1.63. The van der Waals surface area contributed by atoms with Crippen molar-refractivity contribution >= 4 is 15.2 Å². The van der Waals surface area contributed by atoms with Gasteiger partial charge in [0.05, 0.1) is 12.2 Å². The highest BCUT2D eigenvalue weighted by Crippen LogP contribution is 2.53. The highest BCUT2D eigenvalue weighted by atomic mass is 31.2. The summed E-state index contributed by atoms with van der Waals surface area (Å²) < 4.78 is 29.4. The molecule has 2 aliphatic rings. The molecule has 2 aromatic carbocycles. The Bertz CT molecular complexity index is 832. The van der Waals surface area contributed by atoms with Gasteiger partial charge < -0.3 is 40.5 Å². The van der Waals surface area contributed by atoms with Crippen LogP contribution in [-0.4, -0.2) is 56.6 Å². The standard InChI is InChI=1S/2C8H11N.2C3H7O4P/c2*9-7-6-8-4-2-1-3-5-8;2*1-2-3(7-2)8(4,5)6/h2*1-5H,6-7,9H2;2*2-3H,1H3,(H2,4,5,6)/t;;2*2-,3-/m..10/s1. The fourth-order valence-electron chi connectivity index (χ4n) is 2.68. The van der Waals surface area contributed by atoms with Gasteiger partial charge in [0.15, 0.2) is 11.7 Å². The first-order valence-electron chi connectivity index (χ1n) is 10.8. The maximum absolute atomic E-state index is 10.2. The van der Waals surface area contributed by atoms with Crippen molar-refractivity contribution in [3.05, 3.63) is 71.8 Å². The molecule has 2 fully saturated rings. The fourth-order valence-corrected chi connectivity index (χ4v) is 4.47. The predicted octanol–water partition coefficient (Wildman–Crippen LogP) is 2.19. The second-order valence-electron chi connectivity index (χ2n) is 7.69. The molecule has 2 saturated heterocycles. The van der Waals surface area contributed by atoms with Crippen molar-refractivity contribution < 1.29 is 38.2 Å². The van der Waals surface area contributed by atoms with Crippen molar-refractivity contribution in [3.63, 3.8) is 0 Å². The molecular formula is C22H36N2O8P2. The average molecular weight is 518 g/mol. The molecule has 0 radical (unpaired) electrons. The monoisotopic (exact) mass is 518 g/mol. The molecule has 0 spiro atoms. The number of rotatable bonds is 6. The highest BCUT2D eigenvalue weighted by molar-refractivity contribution is 7.53. The Morgan fingerprint density at radius 1 is 0.676 bits per heavy atom. The number of ether oxygens (including phenoxy) is 2. The predicted molar refractivity (Wildman–Crippen MR) is 131 cm³/mol. The molecule has 4 atom stereocenters. The lowest BCUT2D eigenvalue weighted by Gasteiger charge is -1.93. The first-order valence-corrected chi connectivity index (χ1v) is 14.2. The number of benzene rings is 2. The quantitative estimate of drug-likeness (QED) is 0.244. The Balaban J connectivity index is 0.000000227. The molecule has 0 unspecified atom stereocenters. The molecule has 0 aliphatic carbocycles. The van der Waals surface area contributed by atoms with Gasteiger partial charge in [0.25, 0.3) is 0 Å². The van der Waals surface area contributed by atoms with E-state index in [0.29, 0.717) is 0 Å². The van der Waals surface area contributed by atoms with Crippen LogP contribution >= 0.6 is 15.2 Å². The van der Waals surface area contributed by atoms with E-state index >= 15 is 0 Å². The fraction of sp³-hybridized carbons (Fsp3) is 0.455. The first-order chi connectivity index (χ1) is 15.9. The van der Waals surface area contributed by atoms with Crippen molar-refractivity contribution in [1.29, 1.82) is 0 Å². The van der Waals surface area contributed by atoms with Gasteiger partial charge in [-0.2, -0.15) is 0 Å². The summed E-state index contributed by atoms with van der Waals surface area (Å²) >= 11 is 0. The van der Waals surface area contributed by atoms with Crippen molar-refractivity contribution in [2.45, 2.75) is 50.6 Å². The molecule has 2 aromatic rings. The normalized spacial score (nSPS) is 22.6. The Labute approximate surface area is 200 Å². The number of hydrogen-bond donors (Lipinski definition) is 6. The van der Waals surface area contributed by atoms with Gasteiger partial charge in [-0.3, -0.25) is 9.13 Å². The van der Waals surface area contributed by atoms with Gasteiger partial charge in [-0.05, 0) is 50.9 Å². The van der Waals surface area contributed by atoms with Crippen LogP contribution in [-0.2, 0) is 31.4 Å². The van der Waals surface area contributed by atoms with Crippen molar-refractivity contribution in [1.82, 2.24) is 0 Å². The Morgan fingerprint density at radius 2 is 0.941 bits per heavy atom. The summed E-state index contributed by atoms with van der Waals surface area (Å²) in [7, 11) is -7.81. The van der Waals surface area contributed by atoms with Gasteiger partial charge in [0.2, 0.25) is 0 Å². The minimum atomic E-state index is -3.90. The minimum Gasteiger partial charge on any atom is -0.356 e. The molecule has 0 aromatic heterocycles. The van der Waals surface area contributed by atoms with E-state index in [9.17, 15) is 9.13 Å². The molecule has 8 N–H and O–H groups in total. The van der Waals surface area contributed by atoms with Gasteiger partial charge in [0.1, 0.15) is 0 Å². The second-order valence-corrected chi connectivity index (χ2v) is 11.1. The molecule has 34 heavy (non-hydrogen) atoms. The van der Waals surface area contributed by atoms with E-state index in [0.717, 1.165) is 25.9 Å². The summed E-state index contributed by atoms with van der Waals surface area (Å²) in [6.45, 7) is 4.74. The SMILES string of the molecule is C[C@@H]1O[C@H]1P(=O)(O)O.C[C@H]1O[C@@H]1P(=O)(O)O.NCCc1ccccc1.NCCc1ccccc1. The topological polar surface area (TPSA) is 192 Å². The van der Waals surface area contributed by atoms with Crippen LogP contribution < -0.4 is 11.5 Å². The van der Waals surface area contributed by atoms with Gasteiger partial charge in [0, 0.05) is 0 Å². The summed E-state index contributed by atoms with van der Waals surface area (Å²) in [5, 5.41) is 0. The first kappa shape index (κ1) is 30.6. The van der Waals surface area contributed by atoms with Crippen molar-refractivity contribution in [3.8, 4) is 0 Å². The average Bonchev–Trinajstić information content (AvgIpc) is 3.68. The zero-order valence-corrected chi connectivity index (χ0v) is 21.2. The molecule has 2 aliphatic heterocycles. The van der Waals surface area contributed by atoms with Gasteiger partial charge >= 0.3 is 15.2 Å². The summed E-state index contributed by atoms with van der Waals surface area (Å²) in [4.78, 5) is 33.3. The molecule has 0 amide bonds. The zero-order valence-electron chi connectivity index (χ0n) is 19.4. The van der Waals surface area contributed by atoms with Crippen LogP contribution in [0.5, 0.6) is 0 Å². The molecule has 10 nitrogen and oxygen atoms in total. The number of nitrogens with two attached hydrogens (primary N) is 2. The third kappa shape index (κ3) is 13.5. The smallest absolute Gasteiger partial charge is 0.356 e. The van der Waals surface area contributed by atoms with Gasteiger partial charge in [-0.15, -0.1) is 0 Å². The number of epoxide rings is 2. The van der Waals surface area contributed by atoms with Crippen molar-refractivity contribution in [2.75, 3.05) is 13.1 Å². The van der Waals surface area contributed by atoms with Crippen molar-refractivity contribution in [2.24, 2.45) is 11.5 Å². The van der Waals surface area contributed by atoms with E-state index in [-0.39, 0.29) is 12.2 Å². The van der Waals surface area contributed by atoms with E-state index in [2.05, 4.69) is 33.7 Å². The molecule has 0 saturated carbocycles. The Morgan fingerprint density at radius 3 is 1.09 bits per heavy atom. The maximum atomic E-state index is 10.2. The van der Waals surface area contributed by atoms with E-state index in [1.807, 2.05) is 36.4 Å². The highest BCUT2D eigenvalue weighted by Gasteiger charge is 2.49. The van der Waals surface area contributed by atoms with E-state index in [4.69, 9.17) is 31.0 Å². The number of hydrogen-bond acceptors (Lipinski definition) is 6. The van der Waals surface area contributed by atoms with Gasteiger partial charge in [-0.25, -0.2) is 0 Å². The van der Waals surface area contributed by atoms with Gasteiger partial charge in [-0.1, -0.05) is 60.7 Å². The molecule has 2 heterocycles. The largest absolute Gasteiger partial charge is 0.356 e. The zero-order chi connectivity index (χ0) is 25.8. The van der Waals surface area contributed by atoms with E-state index in [1.54, 1.807) is 13.8 Å². The summed E-state index contributed by atoms with van der Waals surface area (Å²) in [5.41, 5.74) is 13.4. The van der Waals surface area contributed by atoms with Crippen LogP contribution in [0.4, 0.5) is 0 Å². The third-order valence-electron chi connectivity index (χ3n) is 4.57. The molecule has 0 bridgehead atoms. The third-order valence-corrected chi connectivity index (χ3v) is 6.98. The Kier molecular flexibility index (Phi) is 13.4. The van der Waals surface area contributed by atoms with Crippen LogP contribution in [0, 0.1) is 0 Å². The van der Waals surface area contributed by atoms with Crippen LogP contribution in [0.15, 0.2) is 60.7 Å². The molecule has 192 valence electrons. The van der Waals surface area contributed by atoms with E-state index in [1.165, 1.54) is 11.1 Å². The lowest BCUT2D eigenvalue weighted by Crippen LogP contribution is -2.01. The van der Waals surface area contributed by atoms with E-state index < -0.39 is 26.9 Å². The van der Waals surface area contributed by atoms with Crippen LogP contribution in [0.3, 0.4) is 0 Å². The molecule has 4 rings (SSSR count).